The van der Waals surface area contributed by atoms with Crippen molar-refractivity contribution in [2.45, 2.75) is 51.0 Å². The van der Waals surface area contributed by atoms with E-state index in [1.807, 2.05) is 36.9 Å². The van der Waals surface area contributed by atoms with Crippen LogP contribution in [0.2, 0.25) is 0 Å². The van der Waals surface area contributed by atoms with Crippen molar-refractivity contribution >= 4 is 5.91 Å². The van der Waals surface area contributed by atoms with Gasteiger partial charge in [-0.3, -0.25) is 14.8 Å². The number of pyridine rings is 2. The molecule has 0 aromatic carbocycles. The van der Waals surface area contributed by atoms with Crippen LogP contribution in [0.15, 0.2) is 49.1 Å². The fourth-order valence-electron chi connectivity index (χ4n) is 4.88. The van der Waals surface area contributed by atoms with Gasteiger partial charge in [-0.2, -0.15) is 0 Å². The van der Waals surface area contributed by atoms with Crippen molar-refractivity contribution in [3.05, 3.63) is 60.2 Å². The summed E-state index contributed by atoms with van der Waals surface area (Å²) < 4.78 is 0. The highest BCUT2D eigenvalue weighted by molar-refractivity contribution is 5.80. The van der Waals surface area contributed by atoms with E-state index in [0.29, 0.717) is 5.92 Å². The van der Waals surface area contributed by atoms with Crippen LogP contribution in [0.3, 0.4) is 0 Å². The number of aromatic nitrogens is 2. The number of rotatable bonds is 10. The lowest BCUT2D eigenvalue weighted by atomic mass is 9.91. The topological polar surface area (TPSA) is 58.1 Å². The number of piperidine rings is 1. The molecule has 5 heteroatoms. The lowest BCUT2D eigenvalue weighted by Crippen LogP contribution is -2.43. The molecule has 2 aliphatic rings. The Balaban J connectivity index is 1.29. The lowest BCUT2D eigenvalue weighted by Gasteiger charge is -2.25. The largest absolute Gasteiger partial charge is 0.353 e. The number of carbonyl (C=O) groups is 1. The first-order valence-electron chi connectivity index (χ1n) is 11.1. The SMILES string of the molecule is O=C(NC(CCCc1cccnc1)CCCc1cccnc1)C1CN2CCC1C2. The molecular formula is C24H32N4O. The van der Waals surface area contributed by atoms with Crippen molar-refractivity contribution in [2.75, 3.05) is 19.6 Å². The number of nitrogens with one attached hydrogen (secondary N) is 1. The average Bonchev–Trinajstić information content (AvgIpc) is 3.39. The van der Waals surface area contributed by atoms with Crippen LogP contribution in [0, 0.1) is 11.8 Å². The Hall–Kier alpha value is -2.27. The van der Waals surface area contributed by atoms with Gasteiger partial charge in [0.25, 0.3) is 0 Å². The number of aryl methyl sites for hydroxylation is 2. The van der Waals surface area contributed by atoms with Gasteiger partial charge in [0.15, 0.2) is 0 Å². The monoisotopic (exact) mass is 392 g/mol. The summed E-state index contributed by atoms with van der Waals surface area (Å²) in [6.45, 7) is 3.24. The highest BCUT2D eigenvalue weighted by Crippen LogP contribution is 2.33. The van der Waals surface area contributed by atoms with Crippen LogP contribution in [0.4, 0.5) is 0 Å². The molecule has 3 unspecified atom stereocenters. The molecule has 3 atom stereocenters. The number of nitrogens with zero attached hydrogens (tertiary/aromatic N) is 3. The number of hydrogen-bond donors (Lipinski definition) is 1. The molecule has 4 rings (SSSR count). The number of amides is 1. The zero-order chi connectivity index (χ0) is 19.9. The maximum absolute atomic E-state index is 13.0. The van der Waals surface area contributed by atoms with E-state index in [2.05, 4.69) is 32.3 Å². The normalized spacial score (nSPS) is 22.9. The third-order valence-electron chi connectivity index (χ3n) is 6.50. The van der Waals surface area contributed by atoms with Gasteiger partial charge < -0.3 is 10.2 Å². The van der Waals surface area contributed by atoms with Crippen molar-refractivity contribution in [2.24, 2.45) is 11.8 Å². The summed E-state index contributed by atoms with van der Waals surface area (Å²) in [5.74, 6) is 1.05. The Labute approximate surface area is 173 Å². The van der Waals surface area contributed by atoms with Crippen LogP contribution in [-0.2, 0) is 17.6 Å². The van der Waals surface area contributed by atoms with E-state index >= 15 is 0 Å². The summed E-state index contributed by atoms with van der Waals surface area (Å²) in [5.41, 5.74) is 2.54. The first-order valence-corrected chi connectivity index (χ1v) is 11.1. The second-order valence-electron chi connectivity index (χ2n) is 8.63. The Morgan fingerprint density at radius 2 is 1.69 bits per heavy atom. The first-order chi connectivity index (χ1) is 14.3. The molecule has 0 radical (unpaired) electrons. The molecule has 0 spiro atoms. The fraction of sp³-hybridized carbons (Fsp3) is 0.542. The van der Waals surface area contributed by atoms with E-state index < -0.39 is 0 Å². The third-order valence-corrected chi connectivity index (χ3v) is 6.50. The van der Waals surface area contributed by atoms with Crippen molar-refractivity contribution in [3.8, 4) is 0 Å². The van der Waals surface area contributed by atoms with Gasteiger partial charge in [-0.25, -0.2) is 0 Å². The van der Waals surface area contributed by atoms with Crippen LogP contribution in [0.25, 0.3) is 0 Å². The van der Waals surface area contributed by atoms with Gasteiger partial charge in [0, 0.05) is 43.9 Å². The van der Waals surface area contributed by atoms with E-state index in [9.17, 15) is 4.79 Å². The van der Waals surface area contributed by atoms with Gasteiger partial charge in [-0.15, -0.1) is 0 Å². The van der Waals surface area contributed by atoms with Crippen molar-refractivity contribution in [1.82, 2.24) is 20.2 Å². The van der Waals surface area contributed by atoms with E-state index in [0.717, 1.165) is 51.6 Å². The predicted octanol–water partition coefficient (Wildman–Crippen LogP) is 3.26. The molecule has 0 aliphatic carbocycles. The summed E-state index contributed by atoms with van der Waals surface area (Å²) >= 11 is 0. The molecule has 2 fully saturated rings. The minimum atomic E-state index is 0.197. The Morgan fingerprint density at radius 1 is 1.03 bits per heavy atom. The quantitative estimate of drug-likeness (QED) is 0.674. The third kappa shape index (κ3) is 5.63. The number of hydrogen-bond acceptors (Lipinski definition) is 4. The zero-order valence-electron chi connectivity index (χ0n) is 17.2. The maximum atomic E-state index is 13.0. The van der Waals surface area contributed by atoms with Crippen LogP contribution < -0.4 is 5.32 Å². The van der Waals surface area contributed by atoms with E-state index in [-0.39, 0.29) is 17.9 Å². The van der Waals surface area contributed by atoms with Crippen LogP contribution >= 0.6 is 0 Å². The number of carbonyl (C=O) groups excluding carboxylic acids is 1. The van der Waals surface area contributed by atoms with Crippen LogP contribution in [0.5, 0.6) is 0 Å². The molecule has 29 heavy (non-hydrogen) atoms. The first kappa shape index (κ1) is 20.0. The van der Waals surface area contributed by atoms with E-state index in [1.165, 1.54) is 24.1 Å². The minimum Gasteiger partial charge on any atom is -0.353 e. The molecule has 2 bridgehead atoms. The number of fused-ring (bicyclic) bond motifs is 2. The molecule has 2 aliphatic heterocycles. The van der Waals surface area contributed by atoms with Gasteiger partial charge in [-0.1, -0.05) is 12.1 Å². The molecular weight excluding hydrogens is 360 g/mol. The van der Waals surface area contributed by atoms with Gasteiger partial charge in [0.2, 0.25) is 5.91 Å². The highest BCUT2D eigenvalue weighted by Gasteiger charge is 2.42. The summed E-state index contributed by atoms with van der Waals surface area (Å²) in [7, 11) is 0. The molecule has 5 nitrogen and oxygen atoms in total. The summed E-state index contributed by atoms with van der Waals surface area (Å²) in [6.07, 6.45) is 14.9. The van der Waals surface area contributed by atoms with Gasteiger partial charge >= 0.3 is 0 Å². The second-order valence-corrected chi connectivity index (χ2v) is 8.63. The van der Waals surface area contributed by atoms with Crippen molar-refractivity contribution in [3.63, 3.8) is 0 Å². The van der Waals surface area contributed by atoms with Crippen molar-refractivity contribution < 1.29 is 4.79 Å². The zero-order valence-corrected chi connectivity index (χ0v) is 17.2. The summed E-state index contributed by atoms with van der Waals surface area (Å²) in [5, 5.41) is 3.42. The summed E-state index contributed by atoms with van der Waals surface area (Å²) in [4.78, 5) is 23.8. The average molecular weight is 393 g/mol. The molecule has 2 aromatic rings. The lowest BCUT2D eigenvalue weighted by molar-refractivity contribution is -0.127. The van der Waals surface area contributed by atoms with Gasteiger partial charge in [0.05, 0.1) is 5.92 Å². The predicted molar refractivity (Wildman–Crippen MR) is 114 cm³/mol. The molecule has 1 N–H and O–H groups in total. The smallest absolute Gasteiger partial charge is 0.224 e. The minimum absolute atomic E-state index is 0.197. The highest BCUT2D eigenvalue weighted by atomic mass is 16.2. The van der Waals surface area contributed by atoms with Crippen LogP contribution in [0.1, 0.15) is 43.2 Å². The molecule has 4 heterocycles. The molecule has 2 saturated heterocycles. The molecule has 2 aromatic heterocycles. The van der Waals surface area contributed by atoms with Crippen LogP contribution in [-0.4, -0.2) is 46.5 Å². The Kier molecular flexibility index (Phi) is 6.88. The molecule has 0 saturated carbocycles. The Morgan fingerprint density at radius 3 is 2.17 bits per heavy atom. The fourth-order valence-corrected chi connectivity index (χ4v) is 4.88. The van der Waals surface area contributed by atoms with Crippen molar-refractivity contribution in [1.29, 1.82) is 0 Å². The molecule has 1 amide bonds. The Bertz CT molecular complexity index is 721. The standard InChI is InChI=1S/C24H32N4O/c29-24(23-18-28-14-11-21(23)17-28)27-22(9-1-5-19-7-3-12-25-15-19)10-2-6-20-8-4-13-26-16-20/h3-4,7-8,12-13,15-16,21-23H,1-2,5-6,9-11,14,17-18H2,(H,27,29). The summed E-state index contributed by atoms with van der Waals surface area (Å²) in [6, 6.07) is 8.50. The van der Waals surface area contributed by atoms with Gasteiger partial charge in [-0.05, 0) is 80.7 Å². The van der Waals surface area contributed by atoms with E-state index in [1.54, 1.807) is 0 Å². The maximum Gasteiger partial charge on any atom is 0.224 e. The van der Waals surface area contributed by atoms with E-state index in [4.69, 9.17) is 0 Å². The van der Waals surface area contributed by atoms with Gasteiger partial charge in [0.1, 0.15) is 0 Å². The second kappa shape index (κ2) is 9.97. The molecule has 154 valence electrons.